The highest BCUT2D eigenvalue weighted by molar-refractivity contribution is 5.74. The minimum absolute atomic E-state index is 0.144. The molecule has 1 atom stereocenters. The number of amides is 2. The zero-order chi connectivity index (χ0) is 17.4. The molecule has 0 radical (unpaired) electrons. The Morgan fingerprint density at radius 2 is 1.67 bits per heavy atom. The molecule has 2 aromatic rings. The van der Waals surface area contributed by atoms with Crippen LogP contribution >= 0.6 is 0 Å². The van der Waals surface area contributed by atoms with Crippen molar-refractivity contribution in [3.63, 3.8) is 0 Å². The second-order valence-corrected chi connectivity index (χ2v) is 5.98. The number of benzene rings is 2. The number of aliphatic hydroxyl groups excluding tert-OH is 1. The molecule has 0 unspecified atom stereocenters. The lowest BCUT2D eigenvalue weighted by atomic mass is 10.1. The van der Waals surface area contributed by atoms with Crippen molar-refractivity contribution in [2.24, 2.45) is 0 Å². The van der Waals surface area contributed by atoms with Crippen molar-refractivity contribution in [1.82, 2.24) is 15.5 Å². The molecule has 0 fully saturated rings. The van der Waals surface area contributed by atoms with Crippen molar-refractivity contribution >= 4 is 6.03 Å². The van der Waals surface area contributed by atoms with Gasteiger partial charge in [0.05, 0.1) is 12.6 Å². The predicted molar refractivity (Wildman–Crippen MR) is 95.5 cm³/mol. The summed E-state index contributed by atoms with van der Waals surface area (Å²) in [5, 5.41) is 15.2. The number of carbonyl (C=O) groups is 1. The molecular formula is C19H25N3O2. The Bertz CT molecular complexity index is 644. The minimum atomic E-state index is -0.414. The summed E-state index contributed by atoms with van der Waals surface area (Å²) >= 11 is 0. The van der Waals surface area contributed by atoms with Gasteiger partial charge in [0.2, 0.25) is 0 Å². The first kappa shape index (κ1) is 18.0. The zero-order valence-electron chi connectivity index (χ0n) is 14.2. The molecule has 0 bridgehead atoms. The van der Waals surface area contributed by atoms with Crippen LogP contribution in [0.1, 0.15) is 22.7 Å². The summed E-state index contributed by atoms with van der Waals surface area (Å²) in [6.45, 7) is 1.13. The van der Waals surface area contributed by atoms with E-state index in [1.165, 1.54) is 5.56 Å². The largest absolute Gasteiger partial charge is 0.394 e. The monoisotopic (exact) mass is 327 g/mol. The lowest BCUT2D eigenvalue weighted by Gasteiger charge is -2.18. The maximum Gasteiger partial charge on any atom is 0.315 e. The Morgan fingerprint density at radius 3 is 2.29 bits per heavy atom. The van der Waals surface area contributed by atoms with Crippen LogP contribution in [0.25, 0.3) is 0 Å². The molecule has 0 aliphatic heterocycles. The Hall–Kier alpha value is -2.37. The van der Waals surface area contributed by atoms with Crippen molar-refractivity contribution in [1.29, 1.82) is 0 Å². The highest BCUT2D eigenvalue weighted by Gasteiger charge is 2.13. The summed E-state index contributed by atoms with van der Waals surface area (Å²) in [6.07, 6.45) is 0. The number of rotatable bonds is 7. The molecule has 0 spiro atoms. The summed E-state index contributed by atoms with van der Waals surface area (Å²) in [6, 6.07) is 16.8. The standard InChI is InChI=1S/C19H25N3O2/c1-22(2)13-17-11-7-6-10-16(17)12-20-19(24)21-18(14-23)15-8-4-3-5-9-15/h3-11,18,23H,12-14H2,1-2H3,(H2,20,21,24)/t18-/m1/s1. The van der Waals surface area contributed by atoms with Crippen LogP contribution in [0.4, 0.5) is 4.79 Å². The predicted octanol–water partition coefficient (Wildman–Crippen LogP) is 2.28. The lowest BCUT2D eigenvalue weighted by Crippen LogP contribution is -2.39. The highest BCUT2D eigenvalue weighted by Crippen LogP contribution is 2.12. The van der Waals surface area contributed by atoms with Crippen LogP contribution in [0.15, 0.2) is 54.6 Å². The third kappa shape index (κ3) is 5.37. The van der Waals surface area contributed by atoms with Gasteiger partial charge in [-0.2, -0.15) is 0 Å². The van der Waals surface area contributed by atoms with E-state index in [0.29, 0.717) is 6.54 Å². The molecule has 5 nitrogen and oxygen atoms in total. The molecule has 0 saturated carbocycles. The summed E-state index contributed by atoms with van der Waals surface area (Å²) in [5.74, 6) is 0. The first-order valence-corrected chi connectivity index (χ1v) is 8.02. The average Bonchev–Trinajstić information content (AvgIpc) is 2.59. The molecule has 0 aliphatic carbocycles. The van der Waals surface area contributed by atoms with Crippen molar-refractivity contribution < 1.29 is 9.90 Å². The third-order valence-electron chi connectivity index (χ3n) is 3.73. The third-order valence-corrected chi connectivity index (χ3v) is 3.73. The van der Waals surface area contributed by atoms with E-state index in [2.05, 4.69) is 21.6 Å². The van der Waals surface area contributed by atoms with Crippen LogP contribution in [0.2, 0.25) is 0 Å². The first-order chi connectivity index (χ1) is 11.6. The van der Waals surface area contributed by atoms with Crippen molar-refractivity contribution in [3.05, 3.63) is 71.3 Å². The fraction of sp³-hybridized carbons (Fsp3) is 0.316. The Labute approximate surface area is 143 Å². The van der Waals surface area contributed by atoms with Crippen molar-refractivity contribution in [2.45, 2.75) is 19.1 Å². The van der Waals surface area contributed by atoms with E-state index in [9.17, 15) is 9.90 Å². The van der Waals surface area contributed by atoms with Gasteiger partial charge in [0, 0.05) is 13.1 Å². The SMILES string of the molecule is CN(C)Cc1ccccc1CNC(=O)N[C@H](CO)c1ccccc1. The van der Waals surface area contributed by atoms with Crippen molar-refractivity contribution in [2.75, 3.05) is 20.7 Å². The summed E-state index contributed by atoms with van der Waals surface area (Å²) < 4.78 is 0. The summed E-state index contributed by atoms with van der Waals surface area (Å²) in [7, 11) is 4.03. The van der Waals surface area contributed by atoms with E-state index in [1.54, 1.807) is 0 Å². The van der Waals surface area contributed by atoms with Crippen LogP contribution in [0.3, 0.4) is 0 Å². The van der Waals surface area contributed by atoms with Gasteiger partial charge in [-0.3, -0.25) is 0 Å². The van der Waals surface area contributed by atoms with E-state index in [4.69, 9.17) is 0 Å². The van der Waals surface area contributed by atoms with Gasteiger partial charge in [0.15, 0.2) is 0 Å². The Kier molecular flexibility index (Phi) is 6.78. The van der Waals surface area contributed by atoms with E-state index >= 15 is 0 Å². The molecule has 0 saturated heterocycles. The van der Waals surface area contributed by atoms with Gasteiger partial charge in [-0.05, 0) is 30.8 Å². The van der Waals surface area contributed by atoms with Gasteiger partial charge in [-0.25, -0.2) is 4.79 Å². The topological polar surface area (TPSA) is 64.6 Å². The maximum absolute atomic E-state index is 12.1. The number of carbonyl (C=O) groups excluding carboxylic acids is 1. The fourth-order valence-electron chi connectivity index (χ4n) is 2.53. The highest BCUT2D eigenvalue weighted by atomic mass is 16.3. The first-order valence-electron chi connectivity index (χ1n) is 8.02. The number of nitrogens with zero attached hydrogens (tertiary/aromatic N) is 1. The lowest BCUT2D eigenvalue weighted by molar-refractivity contribution is 0.216. The molecular weight excluding hydrogens is 302 g/mol. The van der Waals surface area contributed by atoms with Crippen LogP contribution in [0, 0.1) is 0 Å². The van der Waals surface area contributed by atoms with Gasteiger partial charge in [-0.15, -0.1) is 0 Å². The fourth-order valence-corrected chi connectivity index (χ4v) is 2.53. The molecule has 3 N–H and O–H groups in total. The normalized spacial score (nSPS) is 12.0. The number of nitrogens with one attached hydrogen (secondary N) is 2. The van der Waals surface area contributed by atoms with E-state index in [-0.39, 0.29) is 12.6 Å². The van der Waals surface area contributed by atoms with E-state index in [1.807, 2.05) is 62.6 Å². The second kappa shape index (κ2) is 9.05. The average molecular weight is 327 g/mol. The van der Waals surface area contributed by atoms with Gasteiger partial charge in [0.1, 0.15) is 0 Å². The number of hydrogen-bond donors (Lipinski definition) is 3. The maximum atomic E-state index is 12.1. The summed E-state index contributed by atoms with van der Waals surface area (Å²) in [5.41, 5.74) is 3.15. The molecule has 24 heavy (non-hydrogen) atoms. The number of urea groups is 1. The van der Waals surface area contributed by atoms with Crippen LogP contribution in [0.5, 0.6) is 0 Å². The van der Waals surface area contributed by atoms with Gasteiger partial charge >= 0.3 is 6.03 Å². The quantitative estimate of drug-likeness (QED) is 0.731. The number of aliphatic hydroxyl groups is 1. The van der Waals surface area contributed by atoms with Gasteiger partial charge in [-0.1, -0.05) is 54.6 Å². The van der Waals surface area contributed by atoms with Gasteiger partial charge in [0.25, 0.3) is 0 Å². The summed E-state index contributed by atoms with van der Waals surface area (Å²) in [4.78, 5) is 14.2. The van der Waals surface area contributed by atoms with Crippen LogP contribution < -0.4 is 10.6 Å². The van der Waals surface area contributed by atoms with E-state index < -0.39 is 6.04 Å². The number of hydrogen-bond acceptors (Lipinski definition) is 3. The van der Waals surface area contributed by atoms with Gasteiger partial charge < -0.3 is 20.6 Å². The van der Waals surface area contributed by atoms with Crippen LogP contribution in [-0.2, 0) is 13.1 Å². The molecule has 2 amide bonds. The molecule has 0 aliphatic rings. The van der Waals surface area contributed by atoms with Crippen LogP contribution in [-0.4, -0.2) is 36.7 Å². The molecule has 0 aromatic heterocycles. The molecule has 5 heteroatoms. The van der Waals surface area contributed by atoms with E-state index in [0.717, 1.165) is 17.7 Å². The smallest absolute Gasteiger partial charge is 0.315 e. The molecule has 2 aromatic carbocycles. The molecule has 2 rings (SSSR count). The molecule has 128 valence electrons. The van der Waals surface area contributed by atoms with Crippen molar-refractivity contribution in [3.8, 4) is 0 Å². The second-order valence-electron chi connectivity index (χ2n) is 5.98. The Balaban J connectivity index is 1.93. The zero-order valence-corrected chi connectivity index (χ0v) is 14.2. The minimum Gasteiger partial charge on any atom is -0.394 e. The Morgan fingerprint density at radius 1 is 1.04 bits per heavy atom. The molecule has 0 heterocycles.